The molecule has 0 atom stereocenters. The summed E-state index contributed by atoms with van der Waals surface area (Å²) in [6.45, 7) is 6.28. The van der Waals surface area contributed by atoms with Gasteiger partial charge in [0.25, 0.3) is 0 Å². The van der Waals surface area contributed by atoms with Crippen molar-refractivity contribution in [3.63, 3.8) is 0 Å². The van der Waals surface area contributed by atoms with Crippen molar-refractivity contribution in [2.24, 2.45) is 0 Å². The van der Waals surface area contributed by atoms with E-state index in [4.69, 9.17) is 4.74 Å². The predicted molar refractivity (Wildman–Crippen MR) is 113 cm³/mol. The van der Waals surface area contributed by atoms with Crippen LogP contribution < -0.4 is 4.74 Å². The van der Waals surface area contributed by atoms with Gasteiger partial charge in [0.15, 0.2) is 0 Å². The molecule has 3 heteroatoms. The third kappa shape index (κ3) is 5.01. The SMILES string of the molecule is CC(C)(C)c1cc(OC[Si]C(c2ccccc2)c2ccccc2)ccc1O. The molecule has 0 aliphatic carbocycles. The van der Waals surface area contributed by atoms with Gasteiger partial charge in [-0.2, -0.15) is 0 Å². The maximum atomic E-state index is 10.1. The highest BCUT2D eigenvalue weighted by Crippen LogP contribution is 2.33. The van der Waals surface area contributed by atoms with Gasteiger partial charge < -0.3 is 9.84 Å². The summed E-state index contributed by atoms with van der Waals surface area (Å²) >= 11 is 0. The molecule has 0 aliphatic heterocycles. The lowest BCUT2D eigenvalue weighted by atomic mass is 9.86. The number of ether oxygens (including phenoxy) is 1. The van der Waals surface area contributed by atoms with Gasteiger partial charge in [0.05, 0.1) is 6.23 Å². The van der Waals surface area contributed by atoms with E-state index < -0.39 is 0 Å². The first kappa shape index (κ1) is 19.2. The summed E-state index contributed by atoms with van der Waals surface area (Å²) in [5, 5.41) is 10.1. The normalized spacial score (nSPS) is 11.6. The zero-order chi connectivity index (χ0) is 19.3. The van der Waals surface area contributed by atoms with Crippen LogP contribution in [0.15, 0.2) is 78.9 Å². The molecule has 0 fully saturated rings. The van der Waals surface area contributed by atoms with E-state index in [1.54, 1.807) is 6.07 Å². The number of aromatic hydroxyl groups is 1. The number of hydrogen-bond acceptors (Lipinski definition) is 2. The predicted octanol–water partition coefficient (Wildman–Crippen LogP) is 5.52. The molecule has 3 rings (SSSR count). The summed E-state index contributed by atoms with van der Waals surface area (Å²) < 4.78 is 6.07. The molecule has 3 aromatic rings. The lowest BCUT2D eigenvalue weighted by Gasteiger charge is -2.22. The molecule has 0 heterocycles. The molecule has 0 aromatic heterocycles. The molecular weight excluding hydrogens is 348 g/mol. The molecule has 0 unspecified atom stereocenters. The van der Waals surface area contributed by atoms with E-state index in [0.717, 1.165) is 11.3 Å². The quantitative estimate of drug-likeness (QED) is 0.576. The fraction of sp³-hybridized carbons (Fsp3) is 0.250. The Bertz CT molecular complexity index is 815. The van der Waals surface area contributed by atoms with Crippen LogP contribution in [-0.4, -0.2) is 20.9 Å². The van der Waals surface area contributed by atoms with Gasteiger partial charge in [-0.25, -0.2) is 0 Å². The molecule has 0 bridgehead atoms. The van der Waals surface area contributed by atoms with Crippen molar-refractivity contribution < 1.29 is 9.84 Å². The van der Waals surface area contributed by atoms with E-state index in [9.17, 15) is 5.11 Å². The molecular formula is C24H26O2Si. The fourth-order valence-electron chi connectivity index (χ4n) is 3.13. The average Bonchev–Trinajstić information content (AvgIpc) is 2.67. The number of benzene rings is 3. The van der Waals surface area contributed by atoms with Crippen LogP contribution in [0.3, 0.4) is 0 Å². The minimum absolute atomic E-state index is 0.123. The number of phenols is 1. The van der Waals surface area contributed by atoms with Gasteiger partial charge in [-0.05, 0) is 34.7 Å². The number of hydrogen-bond donors (Lipinski definition) is 1. The second kappa shape index (κ2) is 8.44. The molecule has 0 saturated heterocycles. The maximum absolute atomic E-state index is 10.1. The zero-order valence-corrected chi connectivity index (χ0v) is 17.1. The summed E-state index contributed by atoms with van der Waals surface area (Å²) in [5.74, 6) is 1.13. The fourth-order valence-corrected chi connectivity index (χ4v) is 4.41. The van der Waals surface area contributed by atoms with Gasteiger partial charge in [0, 0.05) is 11.1 Å². The summed E-state index contributed by atoms with van der Waals surface area (Å²) in [5.41, 5.74) is 3.73. The van der Waals surface area contributed by atoms with Crippen molar-refractivity contribution in [3.8, 4) is 11.5 Å². The lowest BCUT2D eigenvalue weighted by molar-refractivity contribution is 0.378. The molecule has 27 heavy (non-hydrogen) atoms. The van der Waals surface area contributed by atoms with Crippen molar-refractivity contribution in [1.29, 1.82) is 0 Å². The summed E-state index contributed by atoms with van der Waals surface area (Å²) in [6, 6.07) is 26.7. The monoisotopic (exact) mass is 374 g/mol. The van der Waals surface area contributed by atoms with Crippen LogP contribution in [-0.2, 0) is 5.41 Å². The van der Waals surface area contributed by atoms with Crippen molar-refractivity contribution >= 4 is 9.52 Å². The van der Waals surface area contributed by atoms with Crippen molar-refractivity contribution in [2.45, 2.75) is 31.7 Å². The van der Waals surface area contributed by atoms with Gasteiger partial charge in [0.2, 0.25) is 0 Å². The Hall–Kier alpha value is -2.52. The van der Waals surface area contributed by atoms with Gasteiger partial charge in [-0.15, -0.1) is 0 Å². The van der Waals surface area contributed by atoms with Crippen LogP contribution in [0.1, 0.15) is 43.0 Å². The standard InChI is InChI=1S/C24H26O2Si/c1-24(2,3)21-16-20(14-15-22(21)25)26-17-27-23(18-10-6-4-7-11-18)19-12-8-5-9-13-19/h4-16,23,25H,17H2,1-3H3. The Morgan fingerprint density at radius 2 is 1.41 bits per heavy atom. The molecule has 0 saturated carbocycles. The Labute approximate surface area is 164 Å². The second-order valence-corrected chi connectivity index (χ2v) is 8.95. The highest BCUT2D eigenvalue weighted by atomic mass is 28.2. The van der Waals surface area contributed by atoms with Crippen LogP contribution >= 0.6 is 0 Å². The Kier molecular flexibility index (Phi) is 6.02. The molecule has 3 aromatic carbocycles. The third-order valence-electron chi connectivity index (χ3n) is 4.57. The van der Waals surface area contributed by atoms with E-state index in [1.807, 2.05) is 12.1 Å². The lowest BCUT2D eigenvalue weighted by Crippen LogP contribution is -2.18. The molecule has 0 amide bonds. The van der Waals surface area contributed by atoms with Crippen molar-refractivity contribution in [1.82, 2.24) is 0 Å². The van der Waals surface area contributed by atoms with E-state index in [-0.39, 0.29) is 5.41 Å². The van der Waals surface area contributed by atoms with E-state index in [1.165, 1.54) is 11.1 Å². The first-order valence-electron chi connectivity index (χ1n) is 9.25. The number of rotatable bonds is 6. The van der Waals surface area contributed by atoms with Crippen molar-refractivity contribution in [3.05, 3.63) is 95.6 Å². The zero-order valence-electron chi connectivity index (χ0n) is 16.1. The minimum Gasteiger partial charge on any atom is -0.508 e. The Morgan fingerprint density at radius 1 is 0.852 bits per heavy atom. The second-order valence-electron chi connectivity index (χ2n) is 7.68. The van der Waals surface area contributed by atoms with E-state index in [0.29, 0.717) is 27.0 Å². The minimum atomic E-state index is -0.123. The summed E-state index contributed by atoms with van der Waals surface area (Å²) in [7, 11) is 0.600. The average molecular weight is 375 g/mol. The van der Waals surface area contributed by atoms with Gasteiger partial charge in [-0.3, -0.25) is 0 Å². The Morgan fingerprint density at radius 3 is 1.93 bits per heavy atom. The molecule has 0 aliphatic rings. The van der Waals surface area contributed by atoms with Crippen LogP contribution in [0.2, 0.25) is 0 Å². The van der Waals surface area contributed by atoms with Crippen LogP contribution in [0.5, 0.6) is 11.5 Å². The highest BCUT2D eigenvalue weighted by Gasteiger charge is 2.19. The maximum Gasteiger partial charge on any atom is 0.119 e. The topological polar surface area (TPSA) is 29.5 Å². The summed E-state index contributed by atoms with van der Waals surface area (Å²) in [4.78, 5) is 0. The van der Waals surface area contributed by atoms with Gasteiger partial charge in [-0.1, -0.05) is 81.4 Å². The van der Waals surface area contributed by atoms with Crippen molar-refractivity contribution in [2.75, 3.05) is 6.23 Å². The van der Waals surface area contributed by atoms with Crippen LogP contribution in [0.4, 0.5) is 0 Å². The first-order valence-corrected chi connectivity index (χ1v) is 10.5. The van der Waals surface area contributed by atoms with E-state index >= 15 is 0 Å². The molecule has 2 radical (unpaired) electrons. The number of phenolic OH excluding ortho intramolecular Hbond substituents is 1. The highest BCUT2D eigenvalue weighted by molar-refractivity contribution is 6.39. The molecule has 1 N–H and O–H groups in total. The Balaban J connectivity index is 1.74. The van der Waals surface area contributed by atoms with Crippen LogP contribution in [0, 0.1) is 0 Å². The van der Waals surface area contributed by atoms with Gasteiger partial charge in [0.1, 0.15) is 21.0 Å². The van der Waals surface area contributed by atoms with E-state index in [2.05, 4.69) is 81.4 Å². The smallest absolute Gasteiger partial charge is 0.119 e. The molecule has 0 spiro atoms. The van der Waals surface area contributed by atoms with Crippen LogP contribution in [0.25, 0.3) is 0 Å². The summed E-state index contributed by atoms with van der Waals surface area (Å²) in [6.07, 6.45) is 0.642. The molecule has 138 valence electrons. The van der Waals surface area contributed by atoms with Gasteiger partial charge >= 0.3 is 0 Å². The largest absolute Gasteiger partial charge is 0.508 e. The first-order chi connectivity index (χ1) is 12.9. The molecule has 2 nitrogen and oxygen atoms in total. The third-order valence-corrected chi connectivity index (χ3v) is 5.95.